The normalized spacial score (nSPS) is 12.3. The van der Waals surface area contributed by atoms with E-state index in [0.29, 0.717) is 6.04 Å². The van der Waals surface area contributed by atoms with E-state index in [1.54, 1.807) is 11.8 Å². The Hall–Kier alpha value is -1.03. The number of thioether (sulfide) groups is 1. The average Bonchev–Trinajstić information content (AvgIpc) is 2.49. The summed E-state index contributed by atoms with van der Waals surface area (Å²) in [4.78, 5) is 5.71. The SMILES string of the molecule is CCC(NC)c1ccc(SCc2ccccc2Cl)cn1. The molecule has 2 nitrogen and oxygen atoms in total. The first-order chi connectivity index (χ1) is 9.74. The number of hydrogen-bond acceptors (Lipinski definition) is 3. The van der Waals surface area contributed by atoms with Crippen LogP contribution in [-0.2, 0) is 5.75 Å². The summed E-state index contributed by atoms with van der Waals surface area (Å²) < 4.78 is 0. The Morgan fingerprint density at radius 2 is 2.05 bits per heavy atom. The lowest BCUT2D eigenvalue weighted by atomic mass is 10.1. The van der Waals surface area contributed by atoms with Crippen LogP contribution in [0.15, 0.2) is 47.5 Å². The van der Waals surface area contributed by atoms with Gasteiger partial charge in [-0.15, -0.1) is 11.8 Å². The lowest BCUT2D eigenvalue weighted by molar-refractivity contribution is 0.561. The van der Waals surface area contributed by atoms with Gasteiger partial charge in [0, 0.05) is 27.9 Å². The molecule has 0 saturated carbocycles. The third-order valence-corrected chi connectivity index (χ3v) is 4.62. The van der Waals surface area contributed by atoms with Crippen LogP contribution in [0.3, 0.4) is 0 Å². The molecular formula is C16H19ClN2S. The number of pyridine rings is 1. The molecule has 20 heavy (non-hydrogen) atoms. The van der Waals surface area contributed by atoms with Crippen LogP contribution in [0.5, 0.6) is 0 Å². The van der Waals surface area contributed by atoms with Crippen molar-refractivity contribution in [3.05, 3.63) is 58.9 Å². The van der Waals surface area contributed by atoms with Crippen LogP contribution in [0.25, 0.3) is 0 Å². The van der Waals surface area contributed by atoms with Gasteiger partial charge in [-0.2, -0.15) is 0 Å². The van der Waals surface area contributed by atoms with Crippen molar-refractivity contribution in [2.24, 2.45) is 0 Å². The summed E-state index contributed by atoms with van der Waals surface area (Å²) in [5.74, 6) is 0.865. The molecule has 2 rings (SSSR count). The third kappa shape index (κ3) is 3.98. The number of aromatic nitrogens is 1. The standard InChI is InChI=1S/C16H19ClN2S/c1-3-15(18-2)16-9-8-13(10-19-16)20-11-12-6-4-5-7-14(12)17/h4-10,15,18H,3,11H2,1-2H3. The molecule has 1 heterocycles. The van der Waals surface area contributed by atoms with Gasteiger partial charge < -0.3 is 5.32 Å². The second-order valence-corrected chi connectivity index (χ2v) is 6.00. The fourth-order valence-corrected chi connectivity index (χ4v) is 3.17. The molecule has 1 unspecified atom stereocenters. The molecular weight excluding hydrogens is 288 g/mol. The first-order valence-electron chi connectivity index (χ1n) is 6.74. The third-order valence-electron chi connectivity index (χ3n) is 3.23. The van der Waals surface area contributed by atoms with Crippen molar-refractivity contribution in [2.45, 2.75) is 30.0 Å². The molecule has 0 saturated heterocycles. The second kappa shape index (κ2) is 7.67. The highest BCUT2D eigenvalue weighted by molar-refractivity contribution is 7.98. The number of nitrogens with zero attached hydrogens (tertiary/aromatic N) is 1. The average molecular weight is 307 g/mol. The minimum absolute atomic E-state index is 0.331. The molecule has 4 heteroatoms. The van der Waals surface area contributed by atoms with E-state index in [2.05, 4.69) is 35.4 Å². The van der Waals surface area contributed by atoms with Gasteiger partial charge in [0.25, 0.3) is 0 Å². The van der Waals surface area contributed by atoms with Gasteiger partial charge in [-0.25, -0.2) is 0 Å². The predicted molar refractivity (Wildman–Crippen MR) is 87.3 cm³/mol. The molecule has 0 bridgehead atoms. The summed E-state index contributed by atoms with van der Waals surface area (Å²) in [6.07, 6.45) is 2.98. The number of nitrogens with one attached hydrogen (secondary N) is 1. The zero-order valence-electron chi connectivity index (χ0n) is 11.8. The summed E-state index contributed by atoms with van der Waals surface area (Å²) in [7, 11) is 1.97. The molecule has 1 atom stereocenters. The van der Waals surface area contributed by atoms with Crippen molar-refractivity contribution >= 4 is 23.4 Å². The maximum atomic E-state index is 6.16. The summed E-state index contributed by atoms with van der Waals surface area (Å²) in [5.41, 5.74) is 2.25. The van der Waals surface area contributed by atoms with Gasteiger partial charge in [-0.3, -0.25) is 4.98 Å². The van der Waals surface area contributed by atoms with Crippen molar-refractivity contribution in [3.8, 4) is 0 Å². The Bertz CT molecular complexity index is 538. The Morgan fingerprint density at radius 1 is 1.25 bits per heavy atom. The lowest BCUT2D eigenvalue weighted by Gasteiger charge is -2.13. The predicted octanol–water partition coefficient (Wildman–Crippen LogP) is 4.70. The zero-order valence-corrected chi connectivity index (χ0v) is 13.3. The van der Waals surface area contributed by atoms with E-state index in [-0.39, 0.29) is 0 Å². The van der Waals surface area contributed by atoms with Gasteiger partial charge >= 0.3 is 0 Å². The van der Waals surface area contributed by atoms with Gasteiger partial charge in [-0.05, 0) is 37.2 Å². The molecule has 106 valence electrons. The monoisotopic (exact) mass is 306 g/mol. The van der Waals surface area contributed by atoms with E-state index in [0.717, 1.165) is 28.5 Å². The highest BCUT2D eigenvalue weighted by Gasteiger charge is 2.08. The van der Waals surface area contributed by atoms with Crippen molar-refractivity contribution in [3.63, 3.8) is 0 Å². The van der Waals surface area contributed by atoms with Crippen LogP contribution in [0.1, 0.15) is 30.6 Å². The first kappa shape index (κ1) is 15.4. The van der Waals surface area contributed by atoms with E-state index < -0.39 is 0 Å². The lowest BCUT2D eigenvalue weighted by Crippen LogP contribution is -2.16. The summed E-state index contributed by atoms with van der Waals surface area (Å²) in [6, 6.07) is 12.5. The van der Waals surface area contributed by atoms with Crippen LogP contribution in [0.2, 0.25) is 5.02 Å². The van der Waals surface area contributed by atoms with Gasteiger partial charge in [0.15, 0.2) is 0 Å². The number of benzene rings is 1. The maximum Gasteiger partial charge on any atom is 0.0573 e. The summed E-state index contributed by atoms with van der Waals surface area (Å²) in [6.45, 7) is 2.16. The molecule has 2 aromatic rings. The van der Waals surface area contributed by atoms with Crippen molar-refractivity contribution in [1.29, 1.82) is 0 Å². The van der Waals surface area contributed by atoms with Crippen molar-refractivity contribution in [2.75, 3.05) is 7.05 Å². The number of halogens is 1. The molecule has 1 aromatic heterocycles. The molecule has 0 spiro atoms. The van der Waals surface area contributed by atoms with E-state index in [9.17, 15) is 0 Å². The highest BCUT2D eigenvalue weighted by atomic mass is 35.5. The smallest absolute Gasteiger partial charge is 0.0573 e. The largest absolute Gasteiger partial charge is 0.312 e. The molecule has 0 aliphatic rings. The maximum absolute atomic E-state index is 6.16. The fourth-order valence-electron chi connectivity index (χ4n) is 2.02. The van der Waals surface area contributed by atoms with Crippen molar-refractivity contribution < 1.29 is 0 Å². The Labute approximate surface area is 130 Å². The van der Waals surface area contributed by atoms with Gasteiger partial charge in [-0.1, -0.05) is 36.7 Å². The molecule has 0 amide bonds. The van der Waals surface area contributed by atoms with Gasteiger partial charge in [0.1, 0.15) is 0 Å². The Morgan fingerprint density at radius 3 is 2.65 bits per heavy atom. The van der Waals surface area contributed by atoms with Gasteiger partial charge in [0.05, 0.1) is 5.69 Å². The summed E-state index contributed by atoms with van der Waals surface area (Å²) >= 11 is 7.91. The molecule has 1 N–H and O–H groups in total. The van der Waals surface area contributed by atoms with Crippen LogP contribution >= 0.6 is 23.4 Å². The van der Waals surface area contributed by atoms with Crippen LogP contribution < -0.4 is 5.32 Å². The quantitative estimate of drug-likeness (QED) is 0.783. The molecule has 1 aromatic carbocycles. The van der Waals surface area contributed by atoms with E-state index in [1.807, 2.05) is 31.4 Å². The topological polar surface area (TPSA) is 24.9 Å². The van der Waals surface area contributed by atoms with Crippen LogP contribution in [-0.4, -0.2) is 12.0 Å². The second-order valence-electron chi connectivity index (χ2n) is 4.55. The highest BCUT2D eigenvalue weighted by Crippen LogP contribution is 2.26. The van der Waals surface area contributed by atoms with E-state index in [1.165, 1.54) is 4.90 Å². The van der Waals surface area contributed by atoms with Crippen LogP contribution in [0.4, 0.5) is 0 Å². The minimum Gasteiger partial charge on any atom is -0.312 e. The summed E-state index contributed by atoms with van der Waals surface area (Å²) in [5, 5.41) is 4.09. The van der Waals surface area contributed by atoms with E-state index in [4.69, 9.17) is 11.6 Å². The molecule has 0 aliphatic heterocycles. The molecule has 0 radical (unpaired) electrons. The first-order valence-corrected chi connectivity index (χ1v) is 8.10. The number of rotatable bonds is 6. The fraction of sp³-hybridized carbons (Fsp3) is 0.312. The number of hydrogen-bond donors (Lipinski definition) is 1. The van der Waals surface area contributed by atoms with Crippen LogP contribution in [0, 0.1) is 0 Å². The van der Waals surface area contributed by atoms with E-state index >= 15 is 0 Å². The Balaban J connectivity index is 1.99. The minimum atomic E-state index is 0.331. The molecule has 0 aliphatic carbocycles. The van der Waals surface area contributed by atoms with Gasteiger partial charge in [0.2, 0.25) is 0 Å². The molecule has 0 fully saturated rings. The zero-order chi connectivity index (χ0) is 14.4. The van der Waals surface area contributed by atoms with Crippen molar-refractivity contribution in [1.82, 2.24) is 10.3 Å². The Kier molecular flexibility index (Phi) is 5.89.